The van der Waals surface area contributed by atoms with Gasteiger partial charge in [0.15, 0.2) is 0 Å². The Morgan fingerprint density at radius 3 is 2.85 bits per heavy atom. The summed E-state index contributed by atoms with van der Waals surface area (Å²) in [5.74, 6) is -0.397. The minimum absolute atomic E-state index is 0.0107. The zero-order valence-electron chi connectivity index (χ0n) is 10.8. The summed E-state index contributed by atoms with van der Waals surface area (Å²) in [7, 11) is 0. The second kappa shape index (κ2) is 6.07. The third kappa shape index (κ3) is 3.00. The fourth-order valence-electron chi connectivity index (χ4n) is 1.83. The molecule has 0 aliphatic rings. The lowest BCUT2D eigenvalue weighted by molar-refractivity contribution is 0.279. The average Bonchev–Trinajstić information content (AvgIpc) is 2.44. The largest absolute Gasteiger partial charge is 0.506 e. The van der Waals surface area contributed by atoms with Crippen molar-refractivity contribution < 1.29 is 14.6 Å². The molecule has 6 heteroatoms. The van der Waals surface area contributed by atoms with Crippen LogP contribution in [0.5, 0.6) is 5.75 Å². The first-order valence-electron chi connectivity index (χ1n) is 5.99. The highest BCUT2D eigenvalue weighted by Crippen LogP contribution is 2.27. The number of nitrogens with one attached hydrogen (secondary N) is 1. The standard InChI is InChI=1S/C14H14ClFN2O2/c1-8-14(20)11(9(7-19)5-17-8)6-18-13-4-10(16)2-3-12(13)15/h2-5,18-20H,6-7H2,1H3. The lowest BCUT2D eigenvalue weighted by Gasteiger charge is -2.14. The Kier molecular flexibility index (Phi) is 4.42. The number of benzene rings is 1. The van der Waals surface area contributed by atoms with Crippen molar-refractivity contribution in [1.29, 1.82) is 0 Å². The van der Waals surface area contributed by atoms with Gasteiger partial charge in [-0.2, -0.15) is 0 Å². The van der Waals surface area contributed by atoms with E-state index in [1.165, 1.54) is 24.4 Å². The molecular weight excluding hydrogens is 283 g/mol. The number of hydrogen-bond acceptors (Lipinski definition) is 4. The molecule has 2 aromatic rings. The molecule has 1 heterocycles. The van der Waals surface area contributed by atoms with Crippen LogP contribution >= 0.6 is 11.6 Å². The number of aliphatic hydroxyl groups excluding tert-OH is 1. The van der Waals surface area contributed by atoms with Crippen molar-refractivity contribution in [2.75, 3.05) is 5.32 Å². The summed E-state index contributed by atoms with van der Waals surface area (Å²) in [6.07, 6.45) is 1.50. The lowest BCUT2D eigenvalue weighted by atomic mass is 10.1. The van der Waals surface area contributed by atoms with E-state index in [4.69, 9.17) is 11.6 Å². The maximum atomic E-state index is 13.2. The van der Waals surface area contributed by atoms with E-state index in [0.717, 1.165) is 0 Å². The van der Waals surface area contributed by atoms with Crippen LogP contribution in [-0.2, 0) is 13.2 Å². The zero-order chi connectivity index (χ0) is 14.7. The zero-order valence-corrected chi connectivity index (χ0v) is 11.6. The molecule has 0 atom stereocenters. The van der Waals surface area contributed by atoms with Crippen LogP contribution in [0.1, 0.15) is 16.8 Å². The summed E-state index contributed by atoms with van der Waals surface area (Å²) >= 11 is 5.95. The summed E-state index contributed by atoms with van der Waals surface area (Å²) in [4.78, 5) is 3.97. The fourth-order valence-corrected chi connectivity index (χ4v) is 2.02. The Hall–Kier alpha value is -1.85. The van der Waals surface area contributed by atoms with E-state index in [2.05, 4.69) is 10.3 Å². The predicted octanol–water partition coefficient (Wildman–Crippen LogP) is 2.99. The number of rotatable bonds is 4. The van der Waals surface area contributed by atoms with E-state index in [-0.39, 0.29) is 18.9 Å². The van der Waals surface area contributed by atoms with Gasteiger partial charge < -0.3 is 15.5 Å². The first-order valence-corrected chi connectivity index (χ1v) is 6.36. The SMILES string of the molecule is Cc1ncc(CO)c(CNc2cc(F)ccc2Cl)c1O. The molecule has 0 amide bonds. The highest BCUT2D eigenvalue weighted by atomic mass is 35.5. The Morgan fingerprint density at radius 1 is 1.40 bits per heavy atom. The maximum absolute atomic E-state index is 13.2. The van der Waals surface area contributed by atoms with Gasteiger partial charge in [-0.15, -0.1) is 0 Å². The first kappa shape index (κ1) is 14.6. The van der Waals surface area contributed by atoms with Crippen LogP contribution in [0.3, 0.4) is 0 Å². The van der Waals surface area contributed by atoms with E-state index in [1.807, 2.05) is 0 Å². The van der Waals surface area contributed by atoms with Crippen LogP contribution in [0.2, 0.25) is 5.02 Å². The van der Waals surface area contributed by atoms with Crippen molar-refractivity contribution in [3.63, 3.8) is 0 Å². The minimum Gasteiger partial charge on any atom is -0.506 e. The smallest absolute Gasteiger partial charge is 0.142 e. The first-order chi connectivity index (χ1) is 9.52. The van der Waals surface area contributed by atoms with Crippen LogP contribution < -0.4 is 5.32 Å². The summed E-state index contributed by atoms with van der Waals surface area (Å²) < 4.78 is 13.2. The molecule has 106 valence electrons. The van der Waals surface area contributed by atoms with Crippen molar-refractivity contribution >= 4 is 17.3 Å². The number of aromatic hydroxyl groups is 1. The minimum atomic E-state index is -0.408. The van der Waals surface area contributed by atoms with E-state index < -0.39 is 5.82 Å². The van der Waals surface area contributed by atoms with Gasteiger partial charge in [0.1, 0.15) is 11.6 Å². The molecule has 1 aromatic carbocycles. The van der Waals surface area contributed by atoms with Gasteiger partial charge >= 0.3 is 0 Å². The molecule has 0 spiro atoms. The van der Waals surface area contributed by atoms with Crippen molar-refractivity contribution in [2.45, 2.75) is 20.1 Å². The Morgan fingerprint density at radius 2 is 2.15 bits per heavy atom. The number of nitrogens with zero attached hydrogens (tertiary/aromatic N) is 1. The van der Waals surface area contributed by atoms with Crippen LogP contribution in [0.4, 0.5) is 10.1 Å². The molecule has 0 saturated carbocycles. The number of anilines is 1. The summed E-state index contributed by atoms with van der Waals surface area (Å²) in [5, 5.41) is 22.6. The van der Waals surface area contributed by atoms with Gasteiger partial charge in [0, 0.05) is 23.9 Å². The second-order valence-electron chi connectivity index (χ2n) is 4.33. The molecule has 0 saturated heterocycles. The number of halogens is 2. The number of hydrogen-bond donors (Lipinski definition) is 3. The van der Waals surface area contributed by atoms with Gasteiger partial charge in [-0.05, 0) is 25.1 Å². The third-order valence-corrected chi connectivity index (χ3v) is 3.31. The second-order valence-corrected chi connectivity index (χ2v) is 4.74. The average molecular weight is 297 g/mol. The quantitative estimate of drug-likeness (QED) is 0.811. The summed E-state index contributed by atoms with van der Waals surface area (Å²) in [5.41, 5.74) is 1.90. The molecule has 0 fully saturated rings. The van der Waals surface area contributed by atoms with Crippen LogP contribution in [0, 0.1) is 12.7 Å². The van der Waals surface area contributed by atoms with E-state index >= 15 is 0 Å². The van der Waals surface area contributed by atoms with Crippen molar-refractivity contribution in [1.82, 2.24) is 4.98 Å². The molecule has 20 heavy (non-hydrogen) atoms. The molecule has 0 radical (unpaired) electrons. The van der Waals surface area contributed by atoms with Gasteiger partial charge in [-0.3, -0.25) is 4.98 Å². The molecule has 2 rings (SSSR count). The predicted molar refractivity (Wildman–Crippen MR) is 75.3 cm³/mol. The molecule has 0 aliphatic carbocycles. The highest BCUT2D eigenvalue weighted by Gasteiger charge is 2.12. The number of pyridine rings is 1. The van der Waals surface area contributed by atoms with Crippen LogP contribution in [0.25, 0.3) is 0 Å². The highest BCUT2D eigenvalue weighted by molar-refractivity contribution is 6.33. The Bertz CT molecular complexity index is 635. The molecule has 4 nitrogen and oxygen atoms in total. The topological polar surface area (TPSA) is 65.4 Å². The molecule has 3 N–H and O–H groups in total. The molecule has 1 aromatic heterocycles. The lowest BCUT2D eigenvalue weighted by Crippen LogP contribution is -2.06. The summed E-state index contributed by atoms with van der Waals surface area (Å²) in [6.45, 7) is 1.62. The molecular formula is C14H14ClFN2O2. The van der Waals surface area contributed by atoms with E-state index in [9.17, 15) is 14.6 Å². The van der Waals surface area contributed by atoms with Gasteiger partial charge in [-0.25, -0.2) is 4.39 Å². The summed E-state index contributed by atoms with van der Waals surface area (Å²) in [6, 6.07) is 3.98. The van der Waals surface area contributed by atoms with Gasteiger partial charge in [0.2, 0.25) is 0 Å². The van der Waals surface area contributed by atoms with Gasteiger partial charge in [0.25, 0.3) is 0 Å². The van der Waals surface area contributed by atoms with Crippen molar-refractivity contribution in [3.05, 3.63) is 52.1 Å². The number of aromatic nitrogens is 1. The van der Waals surface area contributed by atoms with Crippen molar-refractivity contribution in [3.8, 4) is 5.75 Å². The van der Waals surface area contributed by atoms with Gasteiger partial charge in [-0.1, -0.05) is 11.6 Å². The molecule has 0 unspecified atom stereocenters. The Labute approximate surface area is 120 Å². The fraction of sp³-hybridized carbons (Fsp3) is 0.214. The van der Waals surface area contributed by atoms with Crippen LogP contribution in [-0.4, -0.2) is 15.2 Å². The van der Waals surface area contributed by atoms with Crippen molar-refractivity contribution in [2.24, 2.45) is 0 Å². The molecule has 0 aliphatic heterocycles. The van der Waals surface area contributed by atoms with E-state index in [0.29, 0.717) is 27.5 Å². The monoisotopic (exact) mass is 296 g/mol. The maximum Gasteiger partial charge on any atom is 0.142 e. The van der Waals surface area contributed by atoms with E-state index in [1.54, 1.807) is 6.92 Å². The van der Waals surface area contributed by atoms with Gasteiger partial charge in [0.05, 0.1) is 23.0 Å². The molecule has 0 bridgehead atoms. The normalized spacial score (nSPS) is 10.6. The third-order valence-electron chi connectivity index (χ3n) is 2.98. The van der Waals surface area contributed by atoms with Crippen LogP contribution in [0.15, 0.2) is 24.4 Å². The number of aryl methyl sites for hydroxylation is 1. The Balaban J connectivity index is 2.27. The number of aliphatic hydroxyl groups is 1.